The molecule has 0 aliphatic carbocycles. The van der Waals surface area contributed by atoms with Crippen molar-refractivity contribution < 1.29 is 22.9 Å². The van der Waals surface area contributed by atoms with Crippen molar-refractivity contribution in [2.45, 2.75) is 25.4 Å². The molecule has 0 unspecified atom stereocenters. The summed E-state index contributed by atoms with van der Waals surface area (Å²) in [6, 6.07) is 10.3. The molecule has 2 aromatic carbocycles. The number of amides is 2. The van der Waals surface area contributed by atoms with Crippen molar-refractivity contribution in [1.29, 1.82) is 0 Å². The Hall–Kier alpha value is -4.15. The van der Waals surface area contributed by atoms with Crippen molar-refractivity contribution in [3.05, 3.63) is 93.3 Å². The molecule has 0 spiro atoms. The minimum absolute atomic E-state index is 0.140. The number of pyridine rings is 1. The maximum Gasteiger partial charge on any atom is 0.320 e. The fourth-order valence-electron chi connectivity index (χ4n) is 3.94. The summed E-state index contributed by atoms with van der Waals surface area (Å²) in [7, 11) is 0. The maximum atomic E-state index is 14.4. The number of benzene rings is 2. The highest BCUT2D eigenvalue weighted by Gasteiger charge is 2.31. The molecule has 4 rings (SSSR count). The van der Waals surface area contributed by atoms with E-state index in [0.29, 0.717) is 19.4 Å². The Bertz CT molecular complexity index is 1240. The lowest BCUT2D eigenvalue weighted by Gasteiger charge is -2.26. The summed E-state index contributed by atoms with van der Waals surface area (Å²) in [6.45, 7) is 0.323. The van der Waals surface area contributed by atoms with Gasteiger partial charge in [-0.1, -0.05) is 18.2 Å². The lowest BCUT2D eigenvalue weighted by Crippen LogP contribution is -2.30. The van der Waals surface area contributed by atoms with Gasteiger partial charge in [0.1, 0.15) is 23.3 Å². The molecule has 1 aliphatic heterocycles. The van der Waals surface area contributed by atoms with E-state index in [-0.39, 0.29) is 29.3 Å². The molecule has 1 aromatic heterocycles. The van der Waals surface area contributed by atoms with E-state index in [9.17, 15) is 28.1 Å². The number of carbonyl (C=O) groups is 1. The Labute approximate surface area is 192 Å². The van der Waals surface area contributed by atoms with Crippen LogP contribution >= 0.6 is 0 Å². The maximum absolute atomic E-state index is 14.4. The van der Waals surface area contributed by atoms with Crippen molar-refractivity contribution in [3.63, 3.8) is 0 Å². The van der Waals surface area contributed by atoms with Gasteiger partial charge in [0, 0.05) is 30.3 Å². The summed E-state index contributed by atoms with van der Waals surface area (Å²) in [5.74, 6) is -1.70. The van der Waals surface area contributed by atoms with Crippen LogP contribution in [0.25, 0.3) is 0 Å². The number of anilines is 2. The number of nitrogens with one attached hydrogen (secondary N) is 2. The normalized spacial score (nSPS) is 15.3. The van der Waals surface area contributed by atoms with Crippen LogP contribution in [0.2, 0.25) is 0 Å². The second-order valence-electron chi connectivity index (χ2n) is 7.71. The molecule has 0 radical (unpaired) electrons. The predicted octanol–water partition coefficient (Wildman–Crippen LogP) is 5.07. The third-order valence-electron chi connectivity index (χ3n) is 5.55. The van der Waals surface area contributed by atoms with Gasteiger partial charge in [-0.3, -0.25) is 15.4 Å². The van der Waals surface area contributed by atoms with Crippen LogP contribution in [0.15, 0.2) is 54.6 Å². The zero-order valence-electron chi connectivity index (χ0n) is 17.8. The number of rotatable bonds is 6. The molecule has 2 amide bonds. The van der Waals surface area contributed by atoms with E-state index in [1.165, 1.54) is 30.3 Å². The number of hydrogen-bond acceptors (Lipinski definition) is 5. The van der Waals surface area contributed by atoms with Gasteiger partial charge in [-0.2, -0.15) is 0 Å². The SMILES string of the molecule is O=C(NCc1ccccc1F)Nc1nc(N2CCC[C@@H]2c2cc(F)ccc2F)ccc1[N+](=O)[O-]. The van der Waals surface area contributed by atoms with Crippen LogP contribution in [0.5, 0.6) is 0 Å². The van der Waals surface area contributed by atoms with Crippen LogP contribution in [0.1, 0.15) is 30.0 Å². The Morgan fingerprint density at radius 2 is 1.91 bits per heavy atom. The quantitative estimate of drug-likeness (QED) is 0.386. The Morgan fingerprint density at radius 3 is 2.68 bits per heavy atom. The number of nitro groups is 1. The van der Waals surface area contributed by atoms with E-state index in [1.54, 1.807) is 11.0 Å². The molecular weight excluding hydrogens is 451 g/mol. The largest absolute Gasteiger partial charge is 0.349 e. The standard InChI is InChI=1S/C23H20F3N5O3/c24-15-7-8-18(26)16(12-15)19-6-3-11-30(19)21-10-9-20(31(33)34)22(28-21)29-23(32)27-13-14-4-1-2-5-17(14)25/h1-2,4-5,7-10,12,19H,3,6,11,13H2,(H2,27,28,29,32)/t19-/m1/s1. The first-order valence-electron chi connectivity index (χ1n) is 10.5. The molecule has 1 saturated heterocycles. The first kappa shape index (κ1) is 23.0. The first-order valence-corrected chi connectivity index (χ1v) is 10.5. The van der Waals surface area contributed by atoms with E-state index >= 15 is 0 Å². The molecule has 2 heterocycles. The molecule has 1 fully saturated rings. The fourth-order valence-corrected chi connectivity index (χ4v) is 3.94. The summed E-state index contributed by atoms with van der Waals surface area (Å²) in [5, 5.41) is 16.2. The summed E-state index contributed by atoms with van der Waals surface area (Å²) in [4.78, 5) is 29.1. The van der Waals surface area contributed by atoms with E-state index < -0.39 is 40.1 Å². The molecule has 2 N–H and O–H groups in total. The molecule has 0 saturated carbocycles. The first-order chi connectivity index (χ1) is 16.3. The van der Waals surface area contributed by atoms with Gasteiger partial charge in [-0.25, -0.2) is 22.9 Å². The van der Waals surface area contributed by atoms with E-state index in [2.05, 4.69) is 15.6 Å². The molecule has 176 valence electrons. The van der Waals surface area contributed by atoms with Crippen LogP contribution in [0.3, 0.4) is 0 Å². The number of halogens is 3. The Kier molecular flexibility index (Phi) is 6.62. The molecule has 8 nitrogen and oxygen atoms in total. The average Bonchev–Trinajstić information content (AvgIpc) is 3.29. The number of carbonyl (C=O) groups excluding carboxylic acids is 1. The molecule has 0 bridgehead atoms. The van der Waals surface area contributed by atoms with Gasteiger partial charge >= 0.3 is 11.7 Å². The fraction of sp³-hybridized carbons (Fsp3) is 0.217. The van der Waals surface area contributed by atoms with Gasteiger partial charge in [0.2, 0.25) is 5.82 Å². The molecule has 34 heavy (non-hydrogen) atoms. The topological polar surface area (TPSA) is 100 Å². The van der Waals surface area contributed by atoms with Gasteiger partial charge in [-0.15, -0.1) is 0 Å². The van der Waals surface area contributed by atoms with E-state index in [1.807, 2.05) is 0 Å². The summed E-state index contributed by atoms with van der Waals surface area (Å²) in [6.07, 6.45) is 1.20. The summed E-state index contributed by atoms with van der Waals surface area (Å²) in [5.41, 5.74) is -0.0434. The van der Waals surface area contributed by atoms with Gasteiger partial charge in [0.15, 0.2) is 0 Å². The van der Waals surface area contributed by atoms with Crippen LogP contribution < -0.4 is 15.5 Å². The number of hydrogen-bond donors (Lipinski definition) is 2. The Balaban J connectivity index is 1.57. The number of aromatic nitrogens is 1. The third kappa shape index (κ3) is 4.92. The number of nitrogens with zero attached hydrogens (tertiary/aromatic N) is 3. The molecule has 1 aliphatic rings. The van der Waals surface area contributed by atoms with E-state index in [4.69, 9.17) is 0 Å². The zero-order valence-corrected chi connectivity index (χ0v) is 17.8. The molecule has 3 aromatic rings. The molecule has 11 heteroatoms. The highest BCUT2D eigenvalue weighted by atomic mass is 19.1. The van der Waals surface area contributed by atoms with E-state index in [0.717, 1.165) is 18.2 Å². The van der Waals surface area contributed by atoms with Gasteiger partial charge in [-0.05, 0) is 43.2 Å². The average molecular weight is 471 g/mol. The second kappa shape index (κ2) is 9.77. The summed E-state index contributed by atoms with van der Waals surface area (Å²) < 4.78 is 41.9. The van der Waals surface area contributed by atoms with Crippen molar-refractivity contribution in [2.24, 2.45) is 0 Å². The smallest absolute Gasteiger partial charge is 0.320 e. The third-order valence-corrected chi connectivity index (χ3v) is 5.55. The van der Waals surface area contributed by atoms with Crippen molar-refractivity contribution in [1.82, 2.24) is 10.3 Å². The molecular formula is C23H20F3N5O3. The predicted molar refractivity (Wildman–Crippen MR) is 119 cm³/mol. The van der Waals surface area contributed by atoms with Crippen LogP contribution in [-0.2, 0) is 6.54 Å². The second-order valence-corrected chi connectivity index (χ2v) is 7.71. The highest BCUT2D eigenvalue weighted by molar-refractivity contribution is 5.90. The van der Waals surface area contributed by atoms with Crippen molar-refractivity contribution in [2.75, 3.05) is 16.8 Å². The Morgan fingerprint density at radius 1 is 1.12 bits per heavy atom. The minimum Gasteiger partial charge on any atom is -0.349 e. The minimum atomic E-state index is -0.815. The van der Waals surface area contributed by atoms with Crippen LogP contribution in [0.4, 0.5) is 35.3 Å². The van der Waals surface area contributed by atoms with Gasteiger partial charge < -0.3 is 10.2 Å². The van der Waals surface area contributed by atoms with Crippen molar-refractivity contribution in [3.8, 4) is 0 Å². The number of urea groups is 1. The van der Waals surface area contributed by atoms with Crippen LogP contribution in [0, 0.1) is 27.6 Å². The van der Waals surface area contributed by atoms with Gasteiger partial charge in [0.25, 0.3) is 0 Å². The van der Waals surface area contributed by atoms with Crippen LogP contribution in [-0.4, -0.2) is 22.5 Å². The molecule has 1 atom stereocenters. The highest BCUT2D eigenvalue weighted by Crippen LogP contribution is 2.38. The lowest BCUT2D eigenvalue weighted by atomic mass is 10.0. The zero-order chi connectivity index (χ0) is 24.2. The monoisotopic (exact) mass is 471 g/mol. The lowest BCUT2D eigenvalue weighted by molar-refractivity contribution is -0.384. The van der Waals surface area contributed by atoms with Crippen molar-refractivity contribution >= 4 is 23.4 Å². The summed E-state index contributed by atoms with van der Waals surface area (Å²) >= 11 is 0. The van der Waals surface area contributed by atoms with Gasteiger partial charge in [0.05, 0.1) is 11.0 Å².